The third-order valence-electron chi connectivity index (χ3n) is 13.7. The number of imidazole rings is 2. The molecule has 5 aliphatic rings. The number of ether oxygens (including phenoxy) is 4. The largest absolute Gasteiger partial charge is 1.00 e. The average Bonchev–Trinajstić information content (AvgIpc) is 4.39. The topological polar surface area (TPSA) is 299 Å². The van der Waals surface area contributed by atoms with E-state index < -0.39 is 12.1 Å². The molecular weight excluding hydrogens is 1320 g/mol. The van der Waals surface area contributed by atoms with E-state index in [0.29, 0.717) is 22.6 Å². The molecule has 2 aromatic heterocycles. The molecule has 4 aliphatic carbocycles. The predicted molar refractivity (Wildman–Crippen MR) is 294 cm³/mol. The number of aliphatic carboxylic acids is 1. The van der Waals surface area contributed by atoms with Crippen LogP contribution in [0.3, 0.4) is 0 Å². The van der Waals surface area contributed by atoms with Crippen LogP contribution in [-0.2, 0) is 40.2 Å². The number of carboxylic acid groups (broad SMARTS) is 3. The number of hydrogen-bond acceptors (Lipinski definition) is 14. The predicted octanol–water partition coefficient (Wildman–Crippen LogP) is 3.31. The van der Waals surface area contributed by atoms with Gasteiger partial charge >= 0.3 is 154 Å². The number of benzene rings is 4. The minimum Gasteiger partial charge on any atom is -0.351 e. The first-order valence-corrected chi connectivity index (χ1v) is 28.9. The van der Waals surface area contributed by atoms with E-state index in [2.05, 4.69) is 71.7 Å². The van der Waals surface area contributed by atoms with Crippen molar-refractivity contribution in [2.75, 3.05) is 6.54 Å². The Morgan fingerprint density at radius 2 is 1.23 bits per heavy atom. The van der Waals surface area contributed by atoms with Crippen LogP contribution in [-0.4, -0.2) is 90.9 Å². The fourth-order valence-corrected chi connectivity index (χ4v) is 10.5. The number of rotatable bonds is 12. The zero-order valence-electron chi connectivity index (χ0n) is 44.6. The van der Waals surface area contributed by atoms with Crippen LogP contribution in [0.2, 0.25) is 0 Å². The van der Waals surface area contributed by atoms with Crippen LogP contribution in [0.4, 0.5) is 14.4 Å². The summed E-state index contributed by atoms with van der Waals surface area (Å²) in [5.41, 5.74) is 4.44. The molecule has 0 bridgehead atoms. The second-order valence-electron chi connectivity index (χ2n) is 19.4. The minimum atomic E-state index is -2.08. The van der Waals surface area contributed by atoms with E-state index in [-0.39, 0.29) is 169 Å². The number of hydrogen-bond donors (Lipinski definition) is 6. The Morgan fingerprint density at radius 1 is 0.741 bits per heavy atom. The SMILES string of the molecule is N#Cc1ccc(-n2ccnc2)cc1OC1CC2(CC(NC(=O)OCc3ccccc3)C2)C1.N#Cc1ccc(Br)cc1OC1CC2(CC(NC(=O)OCc3ccccc3)C2)C1.O=C(O)[C@@H]1CCCN1.O=C([O-])O.[Cu][I].[K+].[K+].c1c[nH]cn1. The molecule has 6 N–H and O–H groups in total. The molecule has 25 heteroatoms. The van der Waals surface area contributed by atoms with Gasteiger partial charge in [-0.3, -0.25) is 4.79 Å². The second kappa shape index (κ2) is 36.1. The van der Waals surface area contributed by atoms with Crippen molar-refractivity contribution in [1.29, 1.82) is 10.5 Å². The van der Waals surface area contributed by atoms with Gasteiger partial charge in [0.15, 0.2) is 0 Å². The monoisotopic (exact) mass is 1380 g/mol. The van der Waals surface area contributed by atoms with Crippen molar-refractivity contribution >= 4 is 60.6 Å². The number of carboxylic acids is 1. The Morgan fingerprint density at radius 3 is 1.62 bits per heavy atom. The van der Waals surface area contributed by atoms with Gasteiger partial charge in [0.05, 0.1) is 41.7 Å². The molecule has 6 aromatic rings. The Hall–Kier alpha value is -3.88. The van der Waals surface area contributed by atoms with Gasteiger partial charge in [-0.2, -0.15) is 10.5 Å². The number of nitrogens with zero attached hydrogens (tertiary/aromatic N) is 5. The zero-order valence-corrected chi connectivity index (χ0v) is 55.6. The summed E-state index contributed by atoms with van der Waals surface area (Å²) in [7, 11) is 0. The van der Waals surface area contributed by atoms with Crippen molar-refractivity contribution < 1.29 is 169 Å². The summed E-state index contributed by atoms with van der Waals surface area (Å²) in [6, 6.07) is 34.7. The van der Waals surface area contributed by atoms with Crippen LogP contribution in [0.1, 0.15) is 86.5 Å². The van der Waals surface area contributed by atoms with E-state index in [1.54, 1.807) is 63.7 Å². The molecule has 1 saturated heterocycles. The first-order chi connectivity index (χ1) is 38.2. The van der Waals surface area contributed by atoms with Crippen molar-refractivity contribution in [2.45, 2.75) is 108 Å². The number of carbonyl (C=O) groups excluding carboxylic acids is 2. The van der Waals surface area contributed by atoms with Crippen LogP contribution in [0.25, 0.3) is 5.69 Å². The summed E-state index contributed by atoms with van der Waals surface area (Å²) < 4.78 is 25.6. The van der Waals surface area contributed by atoms with Gasteiger partial charge in [-0.15, -0.1) is 0 Å². The molecule has 2 spiro atoms. The maximum Gasteiger partial charge on any atom is 1.00 e. The van der Waals surface area contributed by atoms with E-state index in [0.717, 1.165) is 92.0 Å². The summed E-state index contributed by atoms with van der Waals surface area (Å²) >= 11 is 9.29. The quantitative estimate of drug-likeness (QED) is 0.0757. The van der Waals surface area contributed by atoms with Gasteiger partial charge in [0.2, 0.25) is 6.16 Å². The number of carbonyl (C=O) groups is 4. The average molecular weight is 1380 g/mol. The number of aromatic amines is 1. The molecule has 4 saturated carbocycles. The van der Waals surface area contributed by atoms with Gasteiger partial charge < -0.3 is 64.6 Å². The normalized spacial score (nSPS) is 21.6. The fourth-order valence-electron chi connectivity index (χ4n) is 10.1. The Bertz CT molecular complexity index is 2930. The van der Waals surface area contributed by atoms with Crippen LogP contribution in [0.5, 0.6) is 11.5 Å². The first-order valence-electron chi connectivity index (χ1n) is 25.1. The van der Waals surface area contributed by atoms with Crippen molar-refractivity contribution in [3.8, 4) is 29.3 Å². The summed E-state index contributed by atoms with van der Waals surface area (Å²) in [5, 5.41) is 51.1. The number of alkyl carbamates (subject to hydrolysis) is 2. The van der Waals surface area contributed by atoms with E-state index in [1.165, 1.54) is 0 Å². The Labute approximate surface area is 583 Å². The van der Waals surface area contributed by atoms with Gasteiger partial charge in [-0.25, -0.2) is 19.6 Å². The standard InChI is InChI=1S/C25H24N4O3.C22H21BrN2O3.C5H9NO2.C3H4N2.CH2O3.Cu.HI.2K/c26-15-19-6-7-21(29-9-8-27-17-29)10-23(19)32-22-13-25(14-22)11-20(12-25)28-24(30)31-16-18-4-2-1-3-5-18;23-17-7-6-16(13-24)20(8-17)28-19-11-22(12-19)9-18(10-22)25-21(26)27-14-15-4-2-1-3-5-15;7-5(8)4-2-1-3-6-4;1-2-5-3-4-1;2-1(3)4;;;;/h1-10,17,20,22H,11-14,16H2,(H,28,30);1-8,18-19H,9-12,14H2,(H,25,26);4,6H,1-3H2,(H,7,8);1-3H,(H,4,5);(H2,2,3,4);;1H;;/q;;;;;+1;;2*+1/p-2/t;;4-;;;;;;/m..0....../s1. The van der Waals surface area contributed by atoms with Crippen molar-refractivity contribution in [2.24, 2.45) is 10.8 Å². The molecule has 20 nitrogen and oxygen atoms in total. The van der Waals surface area contributed by atoms with Crippen LogP contribution < -0.4 is 133 Å². The van der Waals surface area contributed by atoms with Crippen molar-refractivity contribution in [1.82, 2.24) is 35.5 Å². The number of nitrogens with one attached hydrogen (secondary N) is 4. The molecule has 1 atom stereocenters. The van der Waals surface area contributed by atoms with Crippen molar-refractivity contribution in [3.63, 3.8) is 0 Å². The third-order valence-corrected chi connectivity index (χ3v) is 14.2. The summed E-state index contributed by atoms with van der Waals surface area (Å²) in [6.45, 7) is 1.42. The van der Waals surface area contributed by atoms with Crippen molar-refractivity contribution in [3.05, 3.63) is 161 Å². The summed E-state index contributed by atoms with van der Waals surface area (Å²) in [6.07, 6.45) is 17.1. The van der Waals surface area contributed by atoms with Gasteiger partial charge in [-0.05, 0) is 123 Å². The smallest absolute Gasteiger partial charge is 0.351 e. The van der Waals surface area contributed by atoms with Crippen LogP contribution in [0, 0.1) is 33.5 Å². The van der Waals surface area contributed by atoms with Gasteiger partial charge in [0.25, 0.3) is 0 Å². The fraction of sp³-hybridized carbons (Fsp3) is 0.357. The minimum absolute atomic E-state index is 0. The molecule has 2 amide bonds. The van der Waals surface area contributed by atoms with Gasteiger partial charge in [0, 0.05) is 47.4 Å². The van der Waals surface area contributed by atoms with E-state index in [4.69, 9.17) is 39.1 Å². The van der Waals surface area contributed by atoms with Crippen LogP contribution in [0.15, 0.2) is 139 Å². The maximum absolute atomic E-state index is 12.0. The molecule has 1 aliphatic heterocycles. The zero-order chi connectivity index (χ0) is 56.6. The van der Waals surface area contributed by atoms with Crippen LogP contribution >= 0.6 is 36.3 Å². The second-order valence-corrected chi connectivity index (χ2v) is 20.4. The molecule has 5 fully saturated rings. The third kappa shape index (κ3) is 22.9. The molecule has 0 unspecified atom stereocenters. The van der Waals surface area contributed by atoms with E-state index in [1.807, 2.05) is 95.7 Å². The van der Waals surface area contributed by atoms with Gasteiger partial charge in [0.1, 0.15) is 42.9 Å². The Kier molecular flexibility index (Phi) is 31.0. The van der Waals surface area contributed by atoms with E-state index in [9.17, 15) is 24.9 Å². The van der Waals surface area contributed by atoms with Gasteiger partial charge in [-0.1, -0.05) is 76.6 Å². The molecule has 4 aromatic carbocycles. The first kappa shape index (κ1) is 69.6. The number of amides is 2. The molecule has 0 radical (unpaired) electrons. The summed E-state index contributed by atoms with van der Waals surface area (Å²) in [5.74, 6) is 0.523. The molecule has 81 heavy (non-hydrogen) atoms. The molecule has 11 rings (SSSR count). The number of halogens is 2. The number of nitriles is 2. The Balaban J connectivity index is 0.000000260. The maximum atomic E-state index is 12.0. The molecule has 420 valence electrons. The number of H-pyrrole nitrogens is 1. The molecule has 3 heterocycles. The number of aromatic nitrogens is 4. The summed E-state index contributed by atoms with van der Waals surface area (Å²) in [4.78, 5) is 53.1. The van der Waals surface area contributed by atoms with E-state index >= 15 is 0 Å². The molecular formula is C56H59BrCuIK2N9O11+.